The van der Waals surface area contributed by atoms with Gasteiger partial charge in [0.2, 0.25) is 0 Å². The van der Waals surface area contributed by atoms with Crippen molar-refractivity contribution in [2.24, 2.45) is 0 Å². The number of halogens is 4. The van der Waals surface area contributed by atoms with E-state index in [1.54, 1.807) is 19.2 Å². The first kappa shape index (κ1) is 25.0. The van der Waals surface area contributed by atoms with Gasteiger partial charge in [0.05, 0.1) is 35.7 Å². The van der Waals surface area contributed by atoms with Crippen molar-refractivity contribution in [1.82, 2.24) is 14.9 Å². The number of rotatable bonds is 10. The van der Waals surface area contributed by atoms with E-state index >= 15 is 0 Å². The van der Waals surface area contributed by atoms with Crippen LogP contribution in [0.15, 0.2) is 54.5 Å². The first-order valence-electron chi connectivity index (χ1n) is 9.96. The van der Waals surface area contributed by atoms with E-state index in [0.717, 1.165) is 22.3 Å². The molecule has 1 heterocycles. The Morgan fingerprint density at radius 1 is 1.33 bits per heavy atom. The van der Waals surface area contributed by atoms with E-state index in [-0.39, 0.29) is 36.8 Å². The van der Waals surface area contributed by atoms with Gasteiger partial charge >= 0.3 is 11.8 Å². The minimum Gasteiger partial charge on any atom is -0.490 e. The van der Waals surface area contributed by atoms with Crippen molar-refractivity contribution in [3.8, 4) is 17.1 Å². The molecule has 12 heteroatoms. The number of hydrogen-bond donors (Lipinski definition) is 1. The van der Waals surface area contributed by atoms with Crippen molar-refractivity contribution >= 4 is 22.6 Å². The third-order valence-corrected chi connectivity index (χ3v) is 5.51. The number of aromatic nitrogens is 2. The summed E-state index contributed by atoms with van der Waals surface area (Å²) < 4.78 is 53.0. The summed E-state index contributed by atoms with van der Waals surface area (Å²) in [6.07, 6.45) is 2.96. The molecule has 3 rings (SSSR count). The van der Waals surface area contributed by atoms with E-state index in [0.29, 0.717) is 6.61 Å². The lowest BCUT2D eigenvalue weighted by molar-refractivity contribution is -0.584. The van der Waals surface area contributed by atoms with Crippen LogP contribution >= 0.6 is 22.6 Å². The zero-order valence-electron chi connectivity index (χ0n) is 17.6. The van der Waals surface area contributed by atoms with Crippen LogP contribution in [0.3, 0.4) is 0 Å². The molecule has 0 spiro atoms. The van der Waals surface area contributed by atoms with E-state index in [1.807, 2.05) is 0 Å². The summed E-state index contributed by atoms with van der Waals surface area (Å²) in [7, 11) is 1.70. The smallest absolute Gasteiger partial charge is 0.416 e. The summed E-state index contributed by atoms with van der Waals surface area (Å²) >= 11 is 2.14. The normalized spacial score (nSPS) is 18.2. The van der Waals surface area contributed by atoms with Crippen LogP contribution in [-0.4, -0.2) is 45.8 Å². The number of nitrogens with one attached hydrogen (secondary N) is 1. The summed E-state index contributed by atoms with van der Waals surface area (Å²) in [6, 6.07) is 3.00. The topological polar surface area (TPSA) is 91.5 Å². The molecule has 1 N–H and O–H groups in total. The van der Waals surface area contributed by atoms with E-state index in [1.165, 1.54) is 29.1 Å². The number of hydrogen-bond acceptors (Lipinski definition) is 6. The lowest BCUT2D eigenvalue weighted by Crippen LogP contribution is -2.41. The fraction of sp³-hybridized carbons (Fsp3) is 0.381. The van der Waals surface area contributed by atoms with Gasteiger partial charge in [-0.2, -0.15) is 13.2 Å². The molecule has 0 bridgehead atoms. The minimum absolute atomic E-state index is 0.0141. The van der Waals surface area contributed by atoms with Crippen LogP contribution in [0.2, 0.25) is 0 Å². The SMILES string of the molecule is CNC1=CCC(n2ccnc2-c2ccc(C(F)(F)F)cc2OCCOCCI)([N+](=O)[O-])C=C1. The molecule has 0 aliphatic heterocycles. The van der Waals surface area contributed by atoms with E-state index < -0.39 is 22.3 Å². The number of allylic oxidation sites excluding steroid dienone is 1. The van der Waals surface area contributed by atoms with Crippen molar-refractivity contribution in [3.05, 3.63) is 70.2 Å². The molecule has 8 nitrogen and oxygen atoms in total. The number of ether oxygens (including phenoxy) is 2. The predicted octanol–water partition coefficient (Wildman–Crippen LogP) is 4.39. The largest absolute Gasteiger partial charge is 0.490 e. The Balaban J connectivity index is 2.03. The maximum Gasteiger partial charge on any atom is 0.416 e. The standard InChI is InChI=1S/C21H22F3IN4O4/c1-26-16-4-6-20(7-5-16,29(30)31)28-10-9-27-19(28)17-3-2-15(21(22,23)24)14-18(17)33-13-12-32-11-8-25/h2-6,9-10,14,26H,7-8,11-13H2,1H3. The second kappa shape index (κ2) is 10.5. The molecule has 2 aromatic rings. The van der Waals surface area contributed by atoms with Crippen LogP contribution < -0.4 is 10.1 Å². The maximum atomic E-state index is 13.3. The Morgan fingerprint density at radius 2 is 2.12 bits per heavy atom. The number of nitrogens with zero attached hydrogens (tertiary/aromatic N) is 3. The lowest BCUT2D eigenvalue weighted by atomic mass is 9.98. The third kappa shape index (κ3) is 5.49. The van der Waals surface area contributed by atoms with Gasteiger partial charge in [-0.05, 0) is 24.3 Å². The fourth-order valence-corrected chi connectivity index (χ4v) is 3.70. The monoisotopic (exact) mass is 578 g/mol. The average Bonchev–Trinajstić information content (AvgIpc) is 3.28. The summed E-state index contributed by atoms with van der Waals surface area (Å²) in [5.74, 6) is 0.0367. The zero-order chi connectivity index (χ0) is 24.1. The second-order valence-electron chi connectivity index (χ2n) is 7.06. The number of likely N-dealkylation sites (N-methyl/N-ethyl adjacent to an activating group) is 1. The molecule has 1 aliphatic rings. The van der Waals surface area contributed by atoms with Gasteiger partial charge in [-0.25, -0.2) is 4.98 Å². The molecule has 1 aliphatic carbocycles. The summed E-state index contributed by atoms with van der Waals surface area (Å²) in [5.41, 5.74) is -1.65. The second-order valence-corrected chi connectivity index (χ2v) is 8.14. The lowest BCUT2D eigenvalue weighted by Gasteiger charge is -2.27. The van der Waals surface area contributed by atoms with Gasteiger partial charge in [-0.3, -0.25) is 14.7 Å². The van der Waals surface area contributed by atoms with Gasteiger partial charge in [-0.1, -0.05) is 28.7 Å². The summed E-state index contributed by atoms with van der Waals surface area (Å²) in [5, 5.41) is 15.1. The van der Waals surface area contributed by atoms with Crippen molar-refractivity contribution in [2.45, 2.75) is 18.3 Å². The molecular weight excluding hydrogens is 556 g/mol. The van der Waals surface area contributed by atoms with Gasteiger partial charge in [0, 0.05) is 35.6 Å². The minimum atomic E-state index is -4.58. The first-order chi connectivity index (χ1) is 15.7. The van der Waals surface area contributed by atoms with Crippen molar-refractivity contribution in [3.63, 3.8) is 0 Å². The van der Waals surface area contributed by atoms with Crippen molar-refractivity contribution in [1.29, 1.82) is 0 Å². The van der Waals surface area contributed by atoms with E-state index in [4.69, 9.17) is 9.47 Å². The fourth-order valence-electron chi connectivity index (χ4n) is 3.39. The van der Waals surface area contributed by atoms with Crippen molar-refractivity contribution in [2.75, 3.05) is 31.3 Å². The number of imidazole rings is 1. The highest BCUT2D eigenvalue weighted by molar-refractivity contribution is 14.1. The third-order valence-electron chi connectivity index (χ3n) is 5.07. The molecule has 0 saturated carbocycles. The van der Waals surface area contributed by atoms with E-state index in [2.05, 4.69) is 32.9 Å². The van der Waals surface area contributed by atoms with Crippen LogP contribution in [-0.2, 0) is 16.6 Å². The molecule has 33 heavy (non-hydrogen) atoms. The van der Waals surface area contributed by atoms with Crippen LogP contribution in [0.4, 0.5) is 13.2 Å². The van der Waals surface area contributed by atoms with Crippen LogP contribution in [0.5, 0.6) is 5.75 Å². The van der Waals surface area contributed by atoms with Gasteiger partial charge in [-0.15, -0.1) is 0 Å². The average molecular weight is 578 g/mol. The quantitative estimate of drug-likeness (QED) is 0.148. The van der Waals surface area contributed by atoms with Gasteiger partial charge in [0.15, 0.2) is 0 Å². The Hall–Kier alpha value is -2.61. The van der Waals surface area contributed by atoms with E-state index in [9.17, 15) is 23.3 Å². The first-order valence-corrected chi connectivity index (χ1v) is 11.5. The molecule has 1 atom stereocenters. The molecule has 0 fully saturated rings. The molecule has 178 valence electrons. The van der Waals surface area contributed by atoms with Crippen LogP contribution in [0.1, 0.15) is 12.0 Å². The number of alkyl halides is 4. The highest BCUT2D eigenvalue weighted by Crippen LogP contribution is 2.39. The Labute approximate surface area is 201 Å². The highest BCUT2D eigenvalue weighted by atomic mass is 127. The molecule has 1 aromatic heterocycles. The Morgan fingerprint density at radius 3 is 2.73 bits per heavy atom. The molecule has 1 unspecified atom stereocenters. The molecule has 0 radical (unpaired) electrons. The van der Waals surface area contributed by atoms with Gasteiger partial charge in [0.1, 0.15) is 18.2 Å². The van der Waals surface area contributed by atoms with Crippen LogP contribution in [0, 0.1) is 10.1 Å². The molecule has 1 aromatic carbocycles. The molecular formula is C21H22F3IN4O4. The van der Waals surface area contributed by atoms with Gasteiger partial charge in [0.25, 0.3) is 0 Å². The Kier molecular flexibility index (Phi) is 8.00. The highest BCUT2D eigenvalue weighted by Gasteiger charge is 2.44. The summed E-state index contributed by atoms with van der Waals surface area (Å²) in [6.45, 7) is 0.691. The van der Waals surface area contributed by atoms with Crippen LogP contribution in [0.25, 0.3) is 11.4 Å². The Bertz CT molecular complexity index is 1050. The predicted molar refractivity (Wildman–Crippen MR) is 124 cm³/mol. The summed E-state index contributed by atoms with van der Waals surface area (Å²) in [4.78, 5) is 15.9. The maximum absolute atomic E-state index is 13.3. The number of nitro groups is 1. The van der Waals surface area contributed by atoms with Gasteiger partial charge < -0.3 is 14.8 Å². The molecule has 0 saturated heterocycles. The zero-order valence-corrected chi connectivity index (χ0v) is 19.8. The molecule has 0 amide bonds. The van der Waals surface area contributed by atoms with Crippen molar-refractivity contribution < 1.29 is 27.6 Å². The number of benzene rings is 1.